The summed E-state index contributed by atoms with van der Waals surface area (Å²) in [7, 11) is 0. The molecule has 1 aliphatic heterocycles. The summed E-state index contributed by atoms with van der Waals surface area (Å²) in [6, 6.07) is 15.2. The molecule has 1 unspecified atom stereocenters. The third kappa shape index (κ3) is 3.14. The van der Waals surface area contributed by atoms with Crippen LogP contribution in [0.1, 0.15) is 35.9 Å². The van der Waals surface area contributed by atoms with E-state index < -0.39 is 0 Å². The molecule has 1 saturated heterocycles. The van der Waals surface area contributed by atoms with E-state index in [4.69, 9.17) is 0 Å². The molecule has 3 aromatic rings. The van der Waals surface area contributed by atoms with E-state index in [1.807, 2.05) is 11.8 Å². The molecule has 0 spiro atoms. The number of carbonyl (C=O) groups is 1. The molecule has 5 heteroatoms. The van der Waals surface area contributed by atoms with Gasteiger partial charge in [0.2, 0.25) is 5.82 Å². The van der Waals surface area contributed by atoms with Gasteiger partial charge < -0.3 is 4.90 Å². The summed E-state index contributed by atoms with van der Waals surface area (Å²) < 4.78 is 1.70. The van der Waals surface area contributed by atoms with Gasteiger partial charge >= 0.3 is 0 Å². The van der Waals surface area contributed by atoms with E-state index in [1.165, 1.54) is 16.3 Å². The van der Waals surface area contributed by atoms with Crippen LogP contribution in [-0.4, -0.2) is 38.2 Å². The van der Waals surface area contributed by atoms with Gasteiger partial charge in [-0.15, -0.1) is 5.10 Å². The number of nitrogens with zero attached hydrogens (tertiary/aromatic N) is 4. The molecule has 5 nitrogen and oxygen atoms in total. The largest absolute Gasteiger partial charge is 0.333 e. The molecular weight excluding hydrogens is 312 g/mol. The van der Waals surface area contributed by atoms with Crippen molar-refractivity contribution in [1.82, 2.24) is 19.7 Å². The fourth-order valence-corrected chi connectivity index (χ4v) is 3.63. The van der Waals surface area contributed by atoms with E-state index >= 15 is 0 Å². The Morgan fingerprint density at radius 1 is 1.20 bits per heavy atom. The van der Waals surface area contributed by atoms with Gasteiger partial charge in [0, 0.05) is 19.1 Å². The van der Waals surface area contributed by atoms with Crippen LogP contribution in [0, 0.1) is 0 Å². The van der Waals surface area contributed by atoms with Crippen LogP contribution in [0.4, 0.5) is 0 Å². The number of aromatic nitrogens is 3. The minimum atomic E-state index is -0.0458. The van der Waals surface area contributed by atoms with Gasteiger partial charge in [0.15, 0.2) is 0 Å². The second-order valence-corrected chi connectivity index (χ2v) is 6.60. The number of benzene rings is 2. The van der Waals surface area contributed by atoms with Crippen molar-refractivity contribution in [3.63, 3.8) is 0 Å². The van der Waals surface area contributed by atoms with Gasteiger partial charge in [-0.05, 0) is 42.5 Å². The summed E-state index contributed by atoms with van der Waals surface area (Å²) in [6.45, 7) is 3.50. The van der Waals surface area contributed by atoms with Crippen LogP contribution in [0.5, 0.6) is 0 Å². The molecule has 0 radical (unpaired) electrons. The van der Waals surface area contributed by atoms with Crippen molar-refractivity contribution in [2.75, 3.05) is 6.54 Å². The number of hydrogen-bond donors (Lipinski definition) is 0. The molecule has 0 aliphatic carbocycles. The highest BCUT2D eigenvalue weighted by Gasteiger charge is 2.31. The molecule has 2 heterocycles. The van der Waals surface area contributed by atoms with Crippen molar-refractivity contribution in [3.05, 3.63) is 60.2 Å². The van der Waals surface area contributed by atoms with Crippen molar-refractivity contribution < 1.29 is 4.79 Å². The Kier molecular flexibility index (Phi) is 4.22. The number of likely N-dealkylation sites (tertiary alicyclic amines) is 1. The zero-order valence-electron chi connectivity index (χ0n) is 14.4. The zero-order valence-corrected chi connectivity index (χ0v) is 14.4. The van der Waals surface area contributed by atoms with Crippen molar-refractivity contribution in [1.29, 1.82) is 0 Å². The van der Waals surface area contributed by atoms with Crippen LogP contribution >= 0.6 is 0 Å². The van der Waals surface area contributed by atoms with Crippen LogP contribution in [0.15, 0.2) is 48.8 Å². The molecule has 1 aliphatic rings. The zero-order chi connectivity index (χ0) is 17.2. The molecule has 1 atom stereocenters. The maximum Gasteiger partial charge on any atom is 0.293 e. The smallest absolute Gasteiger partial charge is 0.293 e. The fourth-order valence-electron chi connectivity index (χ4n) is 3.63. The molecule has 0 N–H and O–H groups in total. The van der Waals surface area contributed by atoms with E-state index in [0.29, 0.717) is 5.82 Å². The molecular formula is C20H22N4O. The fraction of sp³-hybridized carbons (Fsp3) is 0.350. The van der Waals surface area contributed by atoms with Crippen molar-refractivity contribution in [2.24, 2.45) is 0 Å². The molecule has 0 saturated carbocycles. The Morgan fingerprint density at radius 2 is 2.04 bits per heavy atom. The Bertz CT molecular complexity index is 901. The lowest BCUT2D eigenvalue weighted by Gasteiger charge is -2.23. The quantitative estimate of drug-likeness (QED) is 0.735. The minimum absolute atomic E-state index is 0.0458. The van der Waals surface area contributed by atoms with Crippen molar-refractivity contribution in [2.45, 2.75) is 38.8 Å². The number of carbonyl (C=O) groups excluding carboxylic acids is 1. The Hall–Kier alpha value is -2.69. The van der Waals surface area contributed by atoms with Gasteiger partial charge in [0.05, 0.1) is 0 Å². The maximum atomic E-state index is 12.8. The van der Waals surface area contributed by atoms with E-state index in [9.17, 15) is 4.79 Å². The predicted octanol–water partition coefficient (Wildman–Crippen LogP) is 3.30. The molecule has 1 aromatic heterocycles. The standard InChI is InChI=1S/C20H22N4O/c1-2-23-14-21-19(22-23)20(25)24-11-5-8-18(24)13-15-9-10-16-6-3-4-7-17(16)12-15/h3-4,6-7,9-10,12,14,18H,2,5,8,11,13H2,1H3. The highest BCUT2D eigenvalue weighted by atomic mass is 16.2. The van der Waals surface area contributed by atoms with Crippen LogP contribution < -0.4 is 0 Å². The molecule has 1 fully saturated rings. The minimum Gasteiger partial charge on any atom is -0.333 e. The first-order chi connectivity index (χ1) is 12.2. The van der Waals surface area contributed by atoms with Crippen molar-refractivity contribution in [3.8, 4) is 0 Å². The van der Waals surface area contributed by atoms with Crippen LogP contribution in [0.2, 0.25) is 0 Å². The Balaban J connectivity index is 1.53. The summed E-state index contributed by atoms with van der Waals surface area (Å²) in [6.07, 6.45) is 4.58. The number of rotatable bonds is 4. The number of hydrogen-bond acceptors (Lipinski definition) is 3. The summed E-state index contributed by atoms with van der Waals surface area (Å²) in [5.74, 6) is 0.266. The van der Waals surface area contributed by atoms with E-state index in [1.54, 1.807) is 11.0 Å². The van der Waals surface area contributed by atoms with Crippen LogP contribution in [0.25, 0.3) is 10.8 Å². The van der Waals surface area contributed by atoms with Crippen molar-refractivity contribution >= 4 is 16.7 Å². The number of aryl methyl sites for hydroxylation is 1. The van der Waals surface area contributed by atoms with Gasteiger partial charge in [-0.2, -0.15) is 0 Å². The molecule has 4 rings (SSSR count). The predicted molar refractivity (Wildman–Crippen MR) is 97.4 cm³/mol. The molecule has 128 valence electrons. The van der Waals surface area contributed by atoms with E-state index in [2.05, 4.69) is 52.5 Å². The van der Waals surface area contributed by atoms with Gasteiger partial charge in [0.25, 0.3) is 5.91 Å². The first-order valence-corrected chi connectivity index (χ1v) is 8.92. The Morgan fingerprint density at radius 3 is 2.84 bits per heavy atom. The number of amides is 1. The average molecular weight is 334 g/mol. The van der Waals surface area contributed by atoms with Gasteiger partial charge in [-0.3, -0.25) is 9.48 Å². The van der Waals surface area contributed by atoms with Gasteiger partial charge in [-0.1, -0.05) is 42.5 Å². The lowest BCUT2D eigenvalue weighted by atomic mass is 10.0. The average Bonchev–Trinajstić information content (AvgIpc) is 3.30. The van der Waals surface area contributed by atoms with E-state index in [0.717, 1.165) is 32.4 Å². The van der Waals surface area contributed by atoms with Crippen LogP contribution in [-0.2, 0) is 13.0 Å². The maximum absolute atomic E-state index is 12.8. The Labute approximate surface area is 147 Å². The SMILES string of the molecule is CCn1cnc(C(=O)N2CCCC2Cc2ccc3ccccc3c2)n1. The summed E-state index contributed by atoms with van der Waals surface area (Å²) in [4.78, 5) is 18.9. The van der Waals surface area contributed by atoms with Gasteiger partial charge in [-0.25, -0.2) is 4.98 Å². The highest BCUT2D eigenvalue weighted by Crippen LogP contribution is 2.24. The molecule has 2 aromatic carbocycles. The second kappa shape index (κ2) is 6.67. The second-order valence-electron chi connectivity index (χ2n) is 6.60. The lowest BCUT2D eigenvalue weighted by molar-refractivity contribution is 0.0724. The first-order valence-electron chi connectivity index (χ1n) is 8.92. The first kappa shape index (κ1) is 15.8. The molecule has 25 heavy (non-hydrogen) atoms. The monoisotopic (exact) mass is 334 g/mol. The third-order valence-corrected chi connectivity index (χ3v) is 4.97. The summed E-state index contributed by atoms with van der Waals surface area (Å²) in [5.41, 5.74) is 1.27. The van der Waals surface area contributed by atoms with Crippen LogP contribution in [0.3, 0.4) is 0 Å². The summed E-state index contributed by atoms with van der Waals surface area (Å²) >= 11 is 0. The lowest BCUT2D eigenvalue weighted by Crippen LogP contribution is -2.37. The highest BCUT2D eigenvalue weighted by molar-refractivity contribution is 5.90. The topological polar surface area (TPSA) is 51.0 Å². The molecule has 0 bridgehead atoms. The summed E-state index contributed by atoms with van der Waals surface area (Å²) in [5, 5.41) is 6.77. The van der Waals surface area contributed by atoms with E-state index in [-0.39, 0.29) is 11.9 Å². The van der Waals surface area contributed by atoms with Gasteiger partial charge in [0.1, 0.15) is 6.33 Å². The third-order valence-electron chi connectivity index (χ3n) is 4.97. The normalized spacial score (nSPS) is 17.3. The molecule has 1 amide bonds. The number of fused-ring (bicyclic) bond motifs is 1.